The molecule has 1 nitrogen and oxygen atoms in total. The van der Waals surface area contributed by atoms with Crippen molar-refractivity contribution in [3.63, 3.8) is 0 Å². The third-order valence-corrected chi connectivity index (χ3v) is 6.55. The molecule has 5 aliphatic carbocycles. The molecule has 0 radical (unpaired) electrons. The van der Waals surface area contributed by atoms with Crippen LogP contribution in [0.1, 0.15) is 64.2 Å². The fourth-order valence-electron chi connectivity index (χ4n) is 6.30. The fraction of sp³-hybridized carbons (Fsp3) is 1.00. The second-order valence-electron chi connectivity index (χ2n) is 8.13. The largest absolute Gasteiger partial charge is 0.330 e. The normalized spacial score (nSPS) is 49.6. The summed E-state index contributed by atoms with van der Waals surface area (Å²) < 4.78 is 0. The molecule has 4 bridgehead atoms. The van der Waals surface area contributed by atoms with E-state index in [1.165, 1.54) is 19.3 Å². The first-order valence-corrected chi connectivity index (χ1v) is 7.91. The number of hydrogen-bond acceptors (Lipinski definition) is 1. The molecule has 0 aromatic rings. The van der Waals surface area contributed by atoms with Crippen LogP contribution in [0.3, 0.4) is 0 Å². The van der Waals surface area contributed by atoms with Crippen LogP contribution >= 0.6 is 0 Å². The van der Waals surface area contributed by atoms with Crippen molar-refractivity contribution >= 4 is 0 Å². The molecule has 5 saturated carbocycles. The SMILES string of the molecule is NCCC1(CC23CC4CC(CC(C4)C2)C3)CC1. The highest BCUT2D eigenvalue weighted by molar-refractivity contribution is 5.06. The fourth-order valence-corrected chi connectivity index (χ4v) is 6.30. The smallest absolute Gasteiger partial charge is 0.00720 e. The summed E-state index contributed by atoms with van der Waals surface area (Å²) in [5.74, 6) is 3.36. The molecule has 0 unspecified atom stereocenters. The van der Waals surface area contributed by atoms with Gasteiger partial charge in [0.15, 0.2) is 0 Å². The van der Waals surface area contributed by atoms with Gasteiger partial charge in [-0.15, -0.1) is 0 Å². The summed E-state index contributed by atoms with van der Waals surface area (Å²) in [6.45, 7) is 0.923. The van der Waals surface area contributed by atoms with Gasteiger partial charge in [-0.25, -0.2) is 0 Å². The van der Waals surface area contributed by atoms with E-state index in [1.54, 1.807) is 44.9 Å². The minimum atomic E-state index is 0.723. The summed E-state index contributed by atoms with van der Waals surface area (Å²) in [4.78, 5) is 0. The summed E-state index contributed by atoms with van der Waals surface area (Å²) in [6.07, 6.45) is 15.4. The molecule has 0 saturated heterocycles. The zero-order valence-corrected chi connectivity index (χ0v) is 11.1. The lowest BCUT2D eigenvalue weighted by atomic mass is 9.48. The van der Waals surface area contributed by atoms with Crippen LogP contribution in [0.4, 0.5) is 0 Å². The van der Waals surface area contributed by atoms with Crippen LogP contribution in [0.2, 0.25) is 0 Å². The van der Waals surface area contributed by atoms with Gasteiger partial charge in [0.05, 0.1) is 0 Å². The van der Waals surface area contributed by atoms with Crippen LogP contribution in [-0.2, 0) is 0 Å². The highest BCUT2D eigenvalue weighted by Crippen LogP contribution is 2.67. The van der Waals surface area contributed by atoms with Gasteiger partial charge in [-0.1, -0.05) is 0 Å². The van der Waals surface area contributed by atoms with Gasteiger partial charge in [0.1, 0.15) is 0 Å². The van der Waals surface area contributed by atoms with Crippen molar-refractivity contribution in [1.82, 2.24) is 0 Å². The van der Waals surface area contributed by atoms with Crippen molar-refractivity contribution in [1.29, 1.82) is 0 Å². The van der Waals surface area contributed by atoms with E-state index in [4.69, 9.17) is 5.73 Å². The van der Waals surface area contributed by atoms with E-state index in [1.807, 2.05) is 0 Å². The molecule has 5 aliphatic rings. The van der Waals surface area contributed by atoms with Gasteiger partial charge in [-0.3, -0.25) is 0 Å². The molecule has 96 valence electrons. The Kier molecular flexibility index (Phi) is 2.23. The quantitative estimate of drug-likeness (QED) is 0.787. The molecule has 17 heavy (non-hydrogen) atoms. The van der Waals surface area contributed by atoms with Gasteiger partial charge >= 0.3 is 0 Å². The van der Waals surface area contributed by atoms with Gasteiger partial charge in [-0.2, -0.15) is 0 Å². The van der Waals surface area contributed by atoms with E-state index in [2.05, 4.69) is 0 Å². The second-order valence-corrected chi connectivity index (χ2v) is 8.13. The highest BCUT2D eigenvalue weighted by Gasteiger charge is 2.55. The summed E-state index contributed by atoms with van der Waals surface area (Å²) in [5, 5.41) is 0. The number of rotatable bonds is 4. The van der Waals surface area contributed by atoms with Gasteiger partial charge in [-0.05, 0) is 99.3 Å². The molecular formula is C16H27N. The molecule has 0 heterocycles. The first-order valence-electron chi connectivity index (χ1n) is 7.91. The highest BCUT2D eigenvalue weighted by atomic mass is 14.6. The topological polar surface area (TPSA) is 26.0 Å². The number of nitrogens with two attached hydrogens (primary N) is 1. The molecule has 2 N–H and O–H groups in total. The standard InChI is InChI=1S/C16H27N/c17-4-3-15(1-2-15)11-16-8-12-5-13(9-16)7-14(6-12)10-16/h12-14H,1-11,17H2. The third kappa shape index (κ3) is 1.77. The maximum absolute atomic E-state index is 5.82. The summed E-state index contributed by atoms with van der Waals surface area (Å²) in [6, 6.07) is 0. The van der Waals surface area contributed by atoms with Gasteiger partial charge in [0.25, 0.3) is 0 Å². The average Bonchev–Trinajstić information content (AvgIpc) is 2.94. The summed E-state index contributed by atoms with van der Waals surface area (Å²) in [7, 11) is 0. The molecule has 0 aliphatic heterocycles. The van der Waals surface area contributed by atoms with Crippen LogP contribution in [0.15, 0.2) is 0 Å². The zero-order chi connectivity index (χ0) is 11.5. The summed E-state index contributed by atoms with van der Waals surface area (Å²) in [5.41, 5.74) is 7.34. The van der Waals surface area contributed by atoms with Crippen LogP contribution in [0, 0.1) is 28.6 Å². The molecule has 0 atom stereocenters. The van der Waals surface area contributed by atoms with Crippen molar-refractivity contribution < 1.29 is 0 Å². The molecule has 0 amide bonds. The average molecular weight is 233 g/mol. The van der Waals surface area contributed by atoms with E-state index in [9.17, 15) is 0 Å². The summed E-state index contributed by atoms with van der Waals surface area (Å²) >= 11 is 0. The van der Waals surface area contributed by atoms with Gasteiger partial charge in [0.2, 0.25) is 0 Å². The van der Waals surface area contributed by atoms with Crippen molar-refractivity contribution in [2.75, 3.05) is 6.54 Å². The molecular weight excluding hydrogens is 206 g/mol. The van der Waals surface area contributed by atoms with E-state index >= 15 is 0 Å². The van der Waals surface area contributed by atoms with E-state index < -0.39 is 0 Å². The Morgan fingerprint density at radius 1 is 0.882 bits per heavy atom. The Labute approximate surface area is 106 Å². The van der Waals surface area contributed by atoms with Gasteiger partial charge < -0.3 is 5.73 Å². The Hall–Kier alpha value is -0.0400. The van der Waals surface area contributed by atoms with Crippen LogP contribution < -0.4 is 5.73 Å². The Bertz CT molecular complexity index is 280. The van der Waals surface area contributed by atoms with E-state index in [0.29, 0.717) is 0 Å². The monoisotopic (exact) mass is 233 g/mol. The van der Waals surface area contributed by atoms with Crippen molar-refractivity contribution in [3.8, 4) is 0 Å². The molecule has 0 spiro atoms. The molecule has 0 aromatic heterocycles. The predicted octanol–water partition coefficient (Wildman–Crippen LogP) is 3.72. The van der Waals surface area contributed by atoms with Crippen molar-refractivity contribution in [3.05, 3.63) is 0 Å². The lowest BCUT2D eigenvalue weighted by Gasteiger charge is -2.58. The van der Waals surface area contributed by atoms with Crippen LogP contribution in [0.5, 0.6) is 0 Å². The Morgan fingerprint density at radius 2 is 1.41 bits per heavy atom. The van der Waals surface area contributed by atoms with Crippen molar-refractivity contribution in [2.24, 2.45) is 34.3 Å². The lowest BCUT2D eigenvalue weighted by molar-refractivity contribution is -0.0682. The molecule has 1 heteroatoms. The van der Waals surface area contributed by atoms with Crippen LogP contribution in [-0.4, -0.2) is 6.54 Å². The first-order chi connectivity index (χ1) is 8.21. The van der Waals surface area contributed by atoms with Crippen LogP contribution in [0.25, 0.3) is 0 Å². The maximum atomic E-state index is 5.82. The lowest BCUT2D eigenvalue weighted by Crippen LogP contribution is -2.47. The van der Waals surface area contributed by atoms with E-state index in [0.717, 1.165) is 35.1 Å². The minimum Gasteiger partial charge on any atom is -0.330 e. The Morgan fingerprint density at radius 3 is 1.82 bits per heavy atom. The molecule has 5 rings (SSSR count). The van der Waals surface area contributed by atoms with Crippen molar-refractivity contribution in [2.45, 2.75) is 64.2 Å². The number of hydrogen-bond donors (Lipinski definition) is 1. The minimum absolute atomic E-state index is 0.723. The second kappa shape index (κ2) is 3.50. The molecule has 5 fully saturated rings. The zero-order valence-electron chi connectivity index (χ0n) is 11.1. The van der Waals surface area contributed by atoms with Gasteiger partial charge in [0, 0.05) is 0 Å². The Balaban J connectivity index is 1.53. The predicted molar refractivity (Wildman–Crippen MR) is 70.6 cm³/mol. The maximum Gasteiger partial charge on any atom is -0.00720 e. The molecule has 0 aromatic carbocycles. The van der Waals surface area contributed by atoms with E-state index in [-0.39, 0.29) is 0 Å². The third-order valence-electron chi connectivity index (χ3n) is 6.55. The first kappa shape index (κ1) is 10.8.